The first-order valence-electron chi connectivity index (χ1n) is 11.8. The minimum atomic E-state index is -2.87. The van der Waals surface area contributed by atoms with Gasteiger partial charge in [-0.15, -0.1) is 0 Å². The largest absolute Gasteiger partial charge is 0.365 e. The van der Waals surface area contributed by atoms with Crippen molar-refractivity contribution in [2.75, 3.05) is 30.7 Å². The molecule has 2 heterocycles. The van der Waals surface area contributed by atoms with E-state index in [-0.39, 0.29) is 25.3 Å². The zero-order valence-corrected chi connectivity index (χ0v) is 21.1. The molecule has 186 valence electrons. The Bertz CT molecular complexity index is 1350. The number of nitrogens with zero attached hydrogens (tertiary/aromatic N) is 3. The number of aromatic nitrogens is 2. The minimum Gasteiger partial charge on any atom is -0.365 e. The Labute approximate surface area is 214 Å². The van der Waals surface area contributed by atoms with Crippen molar-refractivity contribution in [3.63, 3.8) is 0 Å². The van der Waals surface area contributed by atoms with Gasteiger partial charge < -0.3 is 5.32 Å². The van der Waals surface area contributed by atoms with Gasteiger partial charge in [-0.05, 0) is 46.9 Å². The molecule has 0 bridgehead atoms. The lowest BCUT2D eigenvalue weighted by Gasteiger charge is -2.32. The molecule has 0 amide bonds. The Morgan fingerprint density at radius 1 is 0.972 bits per heavy atom. The van der Waals surface area contributed by atoms with Crippen molar-refractivity contribution in [3.8, 4) is 0 Å². The molecule has 5 rings (SSSR count). The SMILES string of the molecule is Fc1c(CNc2nc(Cl)nc3ccc(P4CCN(Cc5ccccc5)CC4)cc23)cccc1C(F)F. The van der Waals surface area contributed by atoms with Gasteiger partial charge in [0.2, 0.25) is 5.28 Å². The van der Waals surface area contributed by atoms with Crippen LogP contribution in [0.1, 0.15) is 23.1 Å². The number of rotatable bonds is 7. The maximum absolute atomic E-state index is 14.5. The van der Waals surface area contributed by atoms with Crippen molar-refractivity contribution >= 4 is 41.5 Å². The molecule has 1 aliphatic heterocycles. The van der Waals surface area contributed by atoms with Crippen molar-refractivity contribution < 1.29 is 13.2 Å². The van der Waals surface area contributed by atoms with E-state index in [9.17, 15) is 13.2 Å². The average molecular weight is 529 g/mol. The Morgan fingerprint density at radius 2 is 1.75 bits per heavy atom. The summed E-state index contributed by atoms with van der Waals surface area (Å²) in [5, 5.41) is 5.21. The molecule has 36 heavy (non-hydrogen) atoms. The van der Waals surface area contributed by atoms with E-state index in [0.29, 0.717) is 11.3 Å². The molecule has 0 saturated carbocycles. The minimum absolute atomic E-state index is 0.00225. The highest BCUT2D eigenvalue weighted by Crippen LogP contribution is 2.38. The third-order valence-corrected chi connectivity index (χ3v) is 9.09. The predicted octanol–water partition coefficient (Wildman–Crippen LogP) is 6.60. The van der Waals surface area contributed by atoms with E-state index in [1.807, 2.05) is 12.1 Å². The van der Waals surface area contributed by atoms with Gasteiger partial charge in [-0.2, -0.15) is 0 Å². The van der Waals surface area contributed by atoms with Gasteiger partial charge in [-0.1, -0.05) is 62.5 Å². The monoisotopic (exact) mass is 528 g/mol. The van der Waals surface area contributed by atoms with Gasteiger partial charge in [0.1, 0.15) is 11.6 Å². The quantitative estimate of drug-likeness (QED) is 0.217. The topological polar surface area (TPSA) is 41.1 Å². The van der Waals surface area contributed by atoms with Crippen LogP contribution >= 0.6 is 19.5 Å². The first-order chi connectivity index (χ1) is 17.5. The standard InChI is InChI=1S/C27H25ClF3N4P/c28-27-33-23-10-9-20(36-13-11-35(12-14-36)17-18-5-2-1-3-6-18)15-22(23)26(34-27)32-16-19-7-4-8-21(24(19)29)25(30)31/h1-10,15,25H,11-14,16-17H2,(H,32,33,34). The van der Waals surface area contributed by atoms with Crippen LogP contribution in [0, 0.1) is 5.82 Å². The Balaban J connectivity index is 1.32. The van der Waals surface area contributed by atoms with Crippen molar-refractivity contribution in [3.05, 3.63) is 94.5 Å². The summed E-state index contributed by atoms with van der Waals surface area (Å²) >= 11 is 6.14. The van der Waals surface area contributed by atoms with Gasteiger partial charge in [-0.25, -0.2) is 23.1 Å². The van der Waals surface area contributed by atoms with Gasteiger partial charge in [-0.3, -0.25) is 4.90 Å². The number of hydrogen-bond acceptors (Lipinski definition) is 4. The maximum Gasteiger partial charge on any atom is 0.266 e. The summed E-state index contributed by atoms with van der Waals surface area (Å²) in [6.07, 6.45) is -0.657. The van der Waals surface area contributed by atoms with E-state index < -0.39 is 17.8 Å². The van der Waals surface area contributed by atoms with Crippen molar-refractivity contribution in [2.45, 2.75) is 19.5 Å². The van der Waals surface area contributed by atoms with Gasteiger partial charge in [0.25, 0.3) is 6.43 Å². The average Bonchev–Trinajstić information content (AvgIpc) is 2.88. The highest BCUT2D eigenvalue weighted by molar-refractivity contribution is 7.65. The second-order valence-corrected chi connectivity index (χ2v) is 11.6. The molecule has 3 aromatic carbocycles. The summed E-state index contributed by atoms with van der Waals surface area (Å²) in [6.45, 7) is 3.05. The predicted molar refractivity (Wildman–Crippen MR) is 141 cm³/mol. The van der Waals surface area contributed by atoms with Crippen LogP contribution in [0.2, 0.25) is 5.28 Å². The van der Waals surface area contributed by atoms with Crippen LogP contribution in [0.5, 0.6) is 0 Å². The lowest BCUT2D eigenvalue weighted by Crippen LogP contribution is -2.35. The lowest BCUT2D eigenvalue weighted by molar-refractivity contribution is 0.146. The molecule has 0 spiro atoms. The van der Waals surface area contributed by atoms with Crippen molar-refractivity contribution in [2.24, 2.45) is 0 Å². The fourth-order valence-corrected chi connectivity index (χ4v) is 7.07. The second-order valence-electron chi connectivity index (χ2n) is 8.77. The summed E-state index contributed by atoms with van der Waals surface area (Å²) < 4.78 is 40.7. The molecule has 0 aliphatic carbocycles. The van der Waals surface area contributed by atoms with Crippen LogP contribution in [-0.2, 0) is 13.1 Å². The molecule has 1 saturated heterocycles. The highest BCUT2D eigenvalue weighted by Gasteiger charge is 2.21. The summed E-state index contributed by atoms with van der Waals surface area (Å²) in [7, 11) is -0.333. The molecule has 0 atom stereocenters. The molecule has 1 N–H and O–H groups in total. The number of nitrogens with one attached hydrogen (secondary N) is 1. The number of hydrogen-bond donors (Lipinski definition) is 1. The van der Waals surface area contributed by atoms with E-state index in [1.54, 1.807) is 0 Å². The number of alkyl halides is 2. The van der Waals surface area contributed by atoms with Gasteiger partial charge in [0, 0.05) is 37.1 Å². The van der Waals surface area contributed by atoms with E-state index in [1.165, 1.54) is 23.0 Å². The molecule has 1 aromatic heterocycles. The van der Waals surface area contributed by atoms with Crippen LogP contribution < -0.4 is 10.6 Å². The highest BCUT2D eigenvalue weighted by atomic mass is 35.5. The fraction of sp³-hybridized carbons (Fsp3) is 0.259. The summed E-state index contributed by atoms with van der Waals surface area (Å²) in [6, 6.07) is 20.7. The summed E-state index contributed by atoms with van der Waals surface area (Å²) in [5.74, 6) is -0.442. The molecule has 0 radical (unpaired) electrons. The molecule has 0 unspecified atom stereocenters. The smallest absolute Gasteiger partial charge is 0.266 e. The number of fused-ring (bicyclic) bond motifs is 1. The fourth-order valence-electron chi connectivity index (χ4n) is 4.51. The van der Waals surface area contributed by atoms with Gasteiger partial charge in [0.05, 0.1) is 11.1 Å². The number of benzene rings is 3. The van der Waals surface area contributed by atoms with E-state index >= 15 is 0 Å². The molecule has 9 heteroatoms. The first-order valence-corrected chi connectivity index (χ1v) is 13.8. The number of anilines is 1. The molecular weight excluding hydrogens is 504 g/mol. The molecule has 1 fully saturated rings. The van der Waals surface area contributed by atoms with E-state index in [0.717, 1.165) is 43.4 Å². The van der Waals surface area contributed by atoms with Gasteiger partial charge in [0.15, 0.2) is 0 Å². The van der Waals surface area contributed by atoms with Crippen LogP contribution in [0.15, 0.2) is 66.7 Å². The Kier molecular flexibility index (Phi) is 7.70. The Hall–Kier alpha value is -2.73. The van der Waals surface area contributed by atoms with Gasteiger partial charge >= 0.3 is 0 Å². The molecule has 4 aromatic rings. The van der Waals surface area contributed by atoms with Crippen molar-refractivity contribution in [1.82, 2.24) is 14.9 Å². The van der Waals surface area contributed by atoms with E-state index in [2.05, 4.69) is 56.6 Å². The second kappa shape index (κ2) is 11.1. The zero-order valence-electron chi connectivity index (χ0n) is 19.5. The normalized spacial score (nSPS) is 15.0. The Morgan fingerprint density at radius 3 is 2.50 bits per heavy atom. The third kappa shape index (κ3) is 5.64. The lowest BCUT2D eigenvalue weighted by atomic mass is 10.1. The summed E-state index contributed by atoms with van der Waals surface area (Å²) in [5.41, 5.74) is 1.54. The van der Waals surface area contributed by atoms with Crippen LogP contribution in [0.25, 0.3) is 10.9 Å². The molecular formula is C27H25ClF3N4P. The van der Waals surface area contributed by atoms with Crippen LogP contribution in [-0.4, -0.2) is 40.3 Å². The van der Waals surface area contributed by atoms with E-state index in [4.69, 9.17) is 11.6 Å². The van der Waals surface area contributed by atoms with Crippen molar-refractivity contribution in [1.29, 1.82) is 0 Å². The van der Waals surface area contributed by atoms with Crippen LogP contribution in [0.3, 0.4) is 0 Å². The molecule has 1 aliphatic rings. The zero-order chi connectivity index (χ0) is 25.1. The van der Waals surface area contributed by atoms with Crippen LogP contribution in [0.4, 0.5) is 19.0 Å². The summed E-state index contributed by atoms with van der Waals surface area (Å²) in [4.78, 5) is 11.1. The first kappa shape index (κ1) is 24.9. The maximum atomic E-state index is 14.5. The third-order valence-electron chi connectivity index (χ3n) is 6.43. The molecule has 4 nitrogen and oxygen atoms in total. The number of halogens is 4.